The summed E-state index contributed by atoms with van der Waals surface area (Å²) in [6, 6.07) is 11.5. The van der Waals surface area contributed by atoms with E-state index in [0.29, 0.717) is 0 Å². The van der Waals surface area contributed by atoms with E-state index in [1.165, 1.54) is 12.1 Å². The number of rotatable bonds is 6. The van der Waals surface area contributed by atoms with Crippen LogP contribution in [0.1, 0.15) is 17.2 Å². The fraction of sp³-hybridized carbons (Fsp3) is 0.278. The second-order valence-electron chi connectivity index (χ2n) is 5.81. The van der Waals surface area contributed by atoms with E-state index >= 15 is 0 Å². The molecule has 2 aromatic carbocycles. The Morgan fingerprint density at radius 1 is 1.15 bits per heavy atom. The maximum absolute atomic E-state index is 13.1. The van der Waals surface area contributed by atoms with Gasteiger partial charge in [0.1, 0.15) is 12.7 Å². The van der Waals surface area contributed by atoms with Gasteiger partial charge in [-0.25, -0.2) is 4.79 Å². The molecule has 144 valence electrons. The van der Waals surface area contributed by atoms with E-state index in [-0.39, 0.29) is 23.7 Å². The van der Waals surface area contributed by atoms with Crippen LogP contribution < -0.4 is 14.8 Å². The first kappa shape index (κ1) is 18.9. The quantitative estimate of drug-likeness (QED) is 0.711. The zero-order chi connectivity index (χ0) is 19.4. The van der Waals surface area contributed by atoms with Gasteiger partial charge in [0, 0.05) is 0 Å². The van der Waals surface area contributed by atoms with Crippen LogP contribution in [0.4, 0.5) is 13.6 Å². The molecule has 1 amide bonds. The minimum Gasteiger partial charge on any atom is -0.445 e. The highest BCUT2D eigenvalue weighted by atomic mass is 19.3. The predicted octanol–water partition coefficient (Wildman–Crippen LogP) is 2.33. The van der Waals surface area contributed by atoms with Crippen LogP contribution in [0.3, 0.4) is 0 Å². The van der Waals surface area contributed by atoms with Crippen LogP contribution in [0.5, 0.6) is 11.5 Å². The zero-order valence-corrected chi connectivity index (χ0v) is 14.0. The number of hydrogen-bond acceptors (Lipinski definition) is 6. The number of benzene rings is 2. The number of alkyl carbamates (subject to hydrolysis) is 1. The summed E-state index contributed by atoms with van der Waals surface area (Å²) in [7, 11) is 0. The fourth-order valence-corrected chi connectivity index (χ4v) is 2.52. The van der Waals surface area contributed by atoms with Crippen LogP contribution in [0.2, 0.25) is 0 Å². The van der Waals surface area contributed by atoms with Crippen molar-refractivity contribution in [3.05, 3.63) is 59.7 Å². The highest BCUT2D eigenvalue weighted by molar-refractivity contribution is 5.67. The summed E-state index contributed by atoms with van der Waals surface area (Å²) in [5.74, 6) is -0.424. The normalized spacial score (nSPS) is 16.4. The number of ether oxygens (including phenoxy) is 3. The predicted molar refractivity (Wildman–Crippen MR) is 88.2 cm³/mol. The molecule has 0 spiro atoms. The molecule has 1 aliphatic heterocycles. The third kappa shape index (κ3) is 4.63. The maximum atomic E-state index is 13.1. The van der Waals surface area contributed by atoms with Crippen LogP contribution in [-0.4, -0.2) is 35.2 Å². The fourth-order valence-electron chi connectivity index (χ4n) is 2.52. The number of carbonyl (C=O) groups excluding carboxylic acids is 1. The van der Waals surface area contributed by atoms with E-state index in [1.54, 1.807) is 24.3 Å². The van der Waals surface area contributed by atoms with Crippen molar-refractivity contribution in [2.24, 2.45) is 0 Å². The Balaban J connectivity index is 1.61. The highest BCUT2D eigenvalue weighted by Crippen LogP contribution is 2.42. The third-order valence-corrected chi connectivity index (χ3v) is 3.86. The molecule has 9 heteroatoms. The van der Waals surface area contributed by atoms with Crippen LogP contribution in [0, 0.1) is 0 Å². The molecule has 3 N–H and O–H groups in total. The first-order valence-corrected chi connectivity index (χ1v) is 8.04. The van der Waals surface area contributed by atoms with Crippen molar-refractivity contribution in [1.82, 2.24) is 5.32 Å². The van der Waals surface area contributed by atoms with Gasteiger partial charge in [-0.05, 0) is 23.3 Å². The standard InChI is InChI=1S/C18H17F2NO6/c19-18(20)26-14-7-6-12(8-15(14)27-18)16(23)13(9-22)21-17(24)25-10-11-4-2-1-3-5-11/h1-8,13,16,22-23H,9-10H2,(H,21,24). The van der Waals surface area contributed by atoms with Crippen molar-refractivity contribution < 1.29 is 38.0 Å². The monoisotopic (exact) mass is 381 g/mol. The van der Waals surface area contributed by atoms with Crippen molar-refractivity contribution >= 4 is 6.09 Å². The molecular formula is C18H17F2NO6. The van der Waals surface area contributed by atoms with Gasteiger partial charge in [0.25, 0.3) is 0 Å². The summed E-state index contributed by atoms with van der Waals surface area (Å²) < 4.78 is 39.8. The molecule has 2 unspecified atom stereocenters. The lowest BCUT2D eigenvalue weighted by molar-refractivity contribution is -0.286. The van der Waals surface area contributed by atoms with Gasteiger partial charge < -0.3 is 29.7 Å². The van der Waals surface area contributed by atoms with Crippen molar-refractivity contribution in [1.29, 1.82) is 0 Å². The summed E-state index contributed by atoms with van der Waals surface area (Å²) in [6.07, 6.45) is -6.01. The molecule has 2 aromatic rings. The van der Waals surface area contributed by atoms with E-state index in [0.717, 1.165) is 11.6 Å². The Bertz CT molecular complexity index is 802. The van der Waals surface area contributed by atoms with Crippen LogP contribution >= 0.6 is 0 Å². The molecule has 1 aliphatic rings. The molecule has 1 heterocycles. The second-order valence-corrected chi connectivity index (χ2v) is 5.81. The molecular weight excluding hydrogens is 364 g/mol. The number of amides is 1. The molecule has 0 saturated heterocycles. The largest absolute Gasteiger partial charge is 0.586 e. The molecule has 0 saturated carbocycles. The summed E-state index contributed by atoms with van der Waals surface area (Å²) >= 11 is 0. The van der Waals surface area contributed by atoms with Gasteiger partial charge in [-0.2, -0.15) is 0 Å². The molecule has 0 fully saturated rings. The van der Waals surface area contributed by atoms with Gasteiger partial charge >= 0.3 is 12.4 Å². The Morgan fingerprint density at radius 2 is 1.85 bits per heavy atom. The summed E-state index contributed by atoms with van der Waals surface area (Å²) in [6.45, 7) is -0.591. The van der Waals surface area contributed by atoms with Crippen LogP contribution in [-0.2, 0) is 11.3 Å². The third-order valence-electron chi connectivity index (χ3n) is 3.86. The first-order chi connectivity index (χ1) is 12.9. The molecule has 0 radical (unpaired) electrons. The van der Waals surface area contributed by atoms with Gasteiger partial charge in [-0.15, -0.1) is 8.78 Å². The summed E-state index contributed by atoms with van der Waals surface area (Å²) in [5, 5.41) is 22.2. The molecule has 0 aromatic heterocycles. The molecule has 0 aliphatic carbocycles. The number of fused-ring (bicyclic) bond motifs is 1. The van der Waals surface area contributed by atoms with Gasteiger partial charge in [0.2, 0.25) is 0 Å². The number of nitrogens with one attached hydrogen (secondary N) is 1. The van der Waals surface area contributed by atoms with Gasteiger partial charge in [-0.3, -0.25) is 0 Å². The minimum absolute atomic E-state index is 0.0139. The second kappa shape index (κ2) is 7.77. The number of aliphatic hydroxyl groups is 2. The lowest BCUT2D eigenvalue weighted by Gasteiger charge is -2.22. The van der Waals surface area contributed by atoms with E-state index in [1.807, 2.05) is 6.07 Å². The number of alkyl halides is 2. The highest BCUT2D eigenvalue weighted by Gasteiger charge is 2.43. The summed E-state index contributed by atoms with van der Waals surface area (Å²) in [4.78, 5) is 11.9. The Kier molecular flexibility index (Phi) is 5.43. The molecule has 3 rings (SSSR count). The SMILES string of the molecule is O=C(NC(CO)C(O)c1ccc2c(c1)OC(F)(F)O2)OCc1ccccc1. The van der Waals surface area contributed by atoms with Gasteiger partial charge in [0.05, 0.1) is 12.6 Å². The van der Waals surface area contributed by atoms with Crippen molar-refractivity contribution in [2.45, 2.75) is 25.0 Å². The molecule has 2 atom stereocenters. The lowest BCUT2D eigenvalue weighted by Crippen LogP contribution is -2.42. The molecule has 0 bridgehead atoms. The van der Waals surface area contributed by atoms with E-state index < -0.39 is 31.1 Å². The van der Waals surface area contributed by atoms with Gasteiger partial charge in [-0.1, -0.05) is 36.4 Å². The molecule has 7 nitrogen and oxygen atoms in total. The van der Waals surface area contributed by atoms with Gasteiger partial charge in [0.15, 0.2) is 11.5 Å². The average Bonchev–Trinajstić information content (AvgIpc) is 2.97. The number of hydrogen-bond donors (Lipinski definition) is 3. The smallest absolute Gasteiger partial charge is 0.445 e. The van der Waals surface area contributed by atoms with E-state index in [2.05, 4.69) is 14.8 Å². The Labute approximate surface area is 153 Å². The minimum atomic E-state index is -3.78. The lowest BCUT2D eigenvalue weighted by atomic mass is 10.0. The Morgan fingerprint density at radius 3 is 2.56 bits per heavy atom. The first-order valence-electron chi connectivity index (χ1n) is 8.04. The number of carbonyl (C=O) groups is 1. The van der Waals surface area contributed by atoms with E-state index in [4.69, 9.17) is 4.74 Å². The van der Waals surface area contributed by atoms with Crippen molar-refractivity contribution in [3.8, 4) is 11.5 Å². The zero-order valence-electron chi connectivity index (χ0n) is 14.0. The van der Waals surface area contributed by atoms with Crippen LogP contribution in [0.15, 0.2) is 48.5 Å². The van der Waals surface area contributed by atoms with Crippen molar-refractivity contribution in [2.75, 3.05) is 6.61 Å². The number of aliphatic hydroxyl groups excluding tert-OH is 2. The van der Waals surface area contributed by atoms with Crippen molar-refractivity contribution in [3.63, 3.8) is 0 Å². The topological polar surface area (TPSA) is 97.3 Å². The number of halogens is 2. The summed E-state index contributed by atoms with van der Waals surface area (Å²) in [5.41, 5.74) is 0.919. The Hall–Kier alpha value is -2.91. The average molecular weight is 381 g/mol. The van der Waals surface area contributed by atoms with Crippen LogP contribution in [0.25, 0.3) is 0 Å². The molecule has 27 heavy (non-hydrogen) atoms. The van der Waals surface area contributed by atoms with E-state index in [9.17, 15) is 23.8 Å². The maximum Gasteiger partial charge on any atom is 0.586 e.